The summed E-state index contributed by atoms with van der Waals surface area (Å²) in [6, 6.07) is 5.65. The molecule has 1 saturated heterocycles. The molecule has 2 rings (SSSR count). The number of ether oxygens (including phenoxy) is 2. The van der Waals surface area contributed by atoms with Crippen molar-refractivity contribution in [2.45, 2.75) is 24.9 Å². The zero-order valence-corrected chi connectivity index (χ0v) is 12.7. The third-order valence-corrected chi connectivity index (χ3v) is 5.51. The van der Waals surface area contributed by atoms with Crippen LogP contribution in [0.3, 0.4) is 0 Å². The van der Waals surface area contributed by atoms with Crippen molar-refractivity contribution in [2.24, 2.45) is 0 Å². The Morgan fingerprint density at radius 1 is 1.29 bits per heavy atom. The second kappa shape index (κ2) is 5.90. The minimum Gasteiger partial charge on any atom is -0.733 e. The van der Waals surface area contributed by atoms with E-state index in [0.717, 1.165) is 0 Å². The normalized spacial score (nSPS) is 22.6. The third-order valence-electron chi connectivity index (χ3n) is 3.35. The first-order valence-electron chi connectivity index (χ1n) is 6.62. The van der Waals surface area contributed by atoms with Crippen LogP contribution in [0.1, 0.15) is 24.7 Å². The number of anilines is 1. The van der Waals surface area contributed by atoms with Crippen molar-refractivity contribution in [3.05, 3.63) is 35.0 Å². The molecule has 1 aliphatic heterocycles. The van der Waals surface area contributed by atoms with Gasteiger partial charge in [0.2, 0.25) is 5.79 Å². The van der Waals surface area contributed by atoms with Gasteiger partial charge in [0, 0.05) is 13.2 Å². The van der Waals surface area contributed by atoms with E-state index in [1.807, 2.05) is 0 Å². The molecule has 0 aliphatic carbocycles. The van der Waals surface area contributed by atoms with Crippen LogP contribution in [0.15, 0.2) is 24.3 Å². The summed E-state index contributed by atoms with van der Waals surface area (Å²) in [5.74, 6) is -1.37. The van der Waals surface area contributed by atoms with Crippen molar-refractivity contribution < 1.29 is 23.1 Å². The Labute approximate surface area is 123 Å². The van der Waals surface area contributed by atoms with Crippen LogP contribution in [0.2, 0.25) is 0 Å². The number of hydrogen-bond donors (Lipinski definition) is 1. The lowest BCUT2D eigenvalue weighted by atomic mass is 10.0. The van der Waals surface area contributed by atoms with E-state index in [-0.39, 0.29) is 16.7 Å². The zero-order chi connectivity index (χ0) is 15.7. The molecule has 1 atom stereocenters. The van der Waals surface area contributed by atoms with Crippen LogP contribution >= 0.6 is 0 Å². The Bertz CT molecular complexity index is 577. The van der Waals surface area contributed by atoms with Gasteiger partial charge in [0.25, 0.3) is 0 Å². The molecule has 1 N–H and O–H groups in total. The van der Waals surface area contributed by atoms with E-state index in [4.69, 9.17) is 14.7 Å². The van der Waals surface area contributed by atoms with Crippen molar-refractivity contribution in [1.82, 2.24) is 0 Å². The van der Waals surface area contributed by atoms with E-state index in [1.165, 1.54) is 24.3 Å². The Morgan fingerprint density at radius 3 is 2.19 bits per heavy atom. The molecule has 0 saturated carbocycles. The first-order chi connectivity index (χ1) is 9.86. The van der Waals surface area contributed by atoms with Gasteiger partial charge < -0.3 is 19.9 Å². The lowest BCUT2D eigenvalue weighted by molar-refractivity contribution is -0.230. The summed E-state index contributed by atoms with van der Waals surface area (Å²) in [5.41, 5.74) is 0.489. The molecule has 7 nitrogen and oxygen atoms in total. The highest BCUT2D eigenvalue weighted by atomic mass is 32.2. The highest BCUT2D eigenvalue weighted by Gasteiger charge is 2.61. The van der Waals surface area contributed by atoms with E-state index < -0.39 is 20.9 Å². The van der Waals surface area contributed by atoms with Gasteiger partial charge in [-0.15, -0.1) is 0 Å². The molecule has 0 radical (unpaired) electrons. The molecule has 0 amide bonds. The van der Waals surface area contributed by atoms with Crippen LogP contribution in [-0.4, -0.2) is 38.4 Å². The lowest BCUT2D eigenvalue weighted by Gasteiger charge is -2.47. The number of rotatable bonds is 6. The molecule has 1 aromatic rings. The van der Waals surface area contributed by atoms with Gasteiger partial charge in [0.1, 0.15) is 11.0 Å². The zero-order valence-electron chi connectivity index (χ0n) is 11.9. The Kier molecular flexibility index (Phi) is 4.54. The highest BCUT2D eigenvalue weighted by molar-refractivity contribution is 7.93. The average molecular weight is 316 g/mol. The predicted molar refractivity (Wildman–Crippen MR) is 76.6 cm³/mol. The molecule has 0 bridgehead atoms. The van der Waals surface area contributed by atoms with Gasteiger partial charge in [0.05, 0.1) is 5.69 Å². The number of benzene rings is 1. The fourth-order valence-corrected chi connectivity index (χ4v) is 4.72. The van der Waals surface area contributed by atoms with Crippen molar-refractivity contribution in [3.63, 3.8) is 0 Å². The van der Waals surface area contributed by atoms with Crippen molar-refractivity contribution in [3.8, 4) is 0 Å². The number of sulfone groups is 1. The third kappa shape index (κ3) is 2.90. The fraction of sp³-hybridized carbons (Fsp3) is 0.538. The molecule has 1 unspecified atom stereocenters. The van der Waals surface area contributed by atoms with Crippen molar-refractivity contribution in [1.29, 1.82) is 0 Å². The maximum atomic E-state index is 12.1. The molecule has 118 valence electrons. The minimum absolute atomic E-state index is 0.0221. The van der Waals surface area contributed by atoms with Crippen LogP contribution < -0.4 is 5.23 Å². The van der Waals surface area contributed by atoms with Crippen LogP contribution in [0.4, 0.5) is 5.69 Å². The second-order valence-electron chi connectivity index (χ2n) is 4.73. The molecular weight excluding hydrogens is 298 g/mol. The SMILES string of the molecule is CCOC1(OCC)CS(=O)(=O)C1c1ccc(N([O-])O)cc1. The van der Waals surface area contributed by atoms with E-state index >= 15 is 0 Å². The molecule has 1 fully saturated rings. The fourth-order valence-electron chi connectivity index (χ4n) is 2.62. The summed E-state index contributed by atoms with van der Waals surface area (Å²) in [6.45, 7) is 4.20. The smallest absolute Gasteiger partial charge is 0.203 e. The summed E-state index contributed by atoms with van der Waals surface area (Å²) in [7, 11) is -3.36. The average Bonchev–Trinajstić information content (AvgIpc) is 2.38. The molecular formula is C13H18NO6S-. The Balaban J connectivity index is 2.37. The van der Waals surface area contributed by atoms with Gasteiger partial charge in [0.15, 0.2) is 9.84 Å². The van der Waals surface area contributed by atoms with Crippen LogP contribution in [0.5, 0.6) is 0 Å². The summed E-state index contributed by atoms with van der Waals surface area (Å²) < 4.78 is 35.4. The maximum Gasteiger partial charge on any atom is 0.203 e. The quantitative estimate of drug-likeness (QED) is 0.629. The maximum absolute atomic E-state index is 12.1. The minimum atomic E-state index is -3.36. The van der Waals surface area contributed by atoms with Crippen LogP contribution in [0, 0.1) is 5.21 Å². The molecule has 1 heterocycles. The molecule has 1 aromatic carbocycles. The number of hydrogen-bond acceptors (Lipinski definition) is 7. The first kappa shape index (κ1) is 16.2. The van der Waals surface area contributed by atoms with E-state index in [9.17, 15) is 13.6 Å². The topological polar surface area (TPSA) is 99.1 Å². The van der Waals surface area contributed by atoms with Gasteiger partial charge >= 0.3 is 0 Å². The van der Waals surface area contributed by atoms with E-state index in [2.05, 4.69) is 0 Å². The van der Waals surface area contributed by atoms with E-state index in [1.54, 1.807) is 13.8 Å². The van der Waals surface area contributed by atoms with Gasteiger partial charge in [-0.3, -0.25) is 5.21 Å². The monoisotopic (exact) mass is 316 g/mol. The summed E-state index contributed by atoms with van der Waals surface area (Å²) in [4.78, 5) is 0. The number of nitrogens with zero attached hydrogens (tertiary/aromatic N) is 1. The van der Waals surface area contributed by atoms with E-state index in [0.29, 0.717) is 18.8 Å². The largest absolute Gasteiger partial charge is 0.733 e. The van der Waals surface area contributed by atoms with Crippen molar-refractivity contribution in [2.75, 3.05) is 24.2 Å². The van der Waals surface area contributed by atoms with Crippen molar-refractivity contribution >= 4 is 15.5 Å². The molecule has 0 spiro atoms. The highest BCUT2D eigenvalue weighted by Crippen LogP contribution is 2.48. The molecule has 0 aromatic heterocycles. The van der Waals surface area contributed by atoms with Gasteiger partial charge in [-0.05, 0) is 31.5 Å². The van der Waals surface area contributed by atoms with Gasteiger partial charge in [-0.1, -0.05) is 12.1 Å². The molecule has 1 aliphatic rings. The lowest BCUT2D eigenvalue weighted by Crippen LogP contribution is -2.60. The summed E-state index contributed by atoms with van der Waals surface area (Å²) in [5, 5.41) is 18.4. The Hall–Kier alpha value is -1.19. The Morgan fingerprint density at radius 2 is 1.81 bits per heavy atom. The summed E-state index contributed by atoms with van der Waals surface area (Å²) in [6.07, 6.45) is 0. The second-order valence-corrected chi connectivity index (χ2v) is 6.82. The predicted octanol–water partition coefficient (Wildman–Crippen LogP) is 1.62. The first-order valence-corrected chi connectivity index (χ1v) is 8.33. The standard InChI is InChI=1S/C13H18NO6S/c1-3-19-13(20-4-2)9-21(17,18)12(13)10-5-7-11(8-6-10)14(15)16/h5-8,12,15H,3-4,9H2,1-2H3/q-1. The van der Waals surface area contributed by atoms with Gasteiger partial charge in [-0.25, -0.2) is 8.42 Å². The van der Waals surface area contributed by atoms with Crippen LogP contribution in [0.25, 0.3) is 0 Å². The van der Waals surface area contributed by atoms with Crippen LogP contribution in [-0.2, 0) is 19.3 Å². The van der Waals surface area contributed by atoms with Gasteiger partial charge in [-0.2, -0.15) is 0 Å². The molecule has 21 heavy (non-hydrogen) atoms. The molecule has 8 heteroatoms. The summed E-state index contributed by atoms with van der Waals surface area (Å²) >= 11 is 0.